The molecule has 0 aliphatic carbocycles. The maximum atomic E-state index is 13.5. The van der Waals surface area contributed by atoms with E-state index in [1.807, 2.05) is 0 Å². The second kappa shape index (κ2) is 8.70. The van der Waals surface area contributed by atoms with Gasteiger partial charge in [0.15, 0.2) is 0 Å². The quantitative estimate of drug-likeness (QED) is 0.689. The predicted molar refractivity (Wildman–Crippen MR) is 91.8 cm³/mol. The molecule has 0 spiro atoms. The number of carbonyl (C=O) groups is 3. The number of hydrogen-bond acceptors (Lipinski definition) is 3. The van der Waals surface area contributed by atoms with Gasteiger partial charge in [-0.05, 0) is 36.4 Å². The van der Waals surface area contributed by atoms with E-state index >= 15 is 0 Å². The van der Waals surface area contributed by atoms with Crippen LogP contribution >= 0.6 is 0 Å². The van der Waals surface area contributed by atoms with E-state index < -0.39 is 23.1 Å². The van der Waals surface area contributed by atoms with Crippen LogP contribution < -0.4 is 16.0 Å². The van der Waals surface area contributed by atoms with Crippen LogP contribution in [0, 0.1) is 11.6 Å². The smallest absolute Gasteiger partial charge is 0.257 e. The molecule has 0 heterocycles. The van der Waals surface area contributed by atoms with Crippen LogP contribution in [0.1, 0.15) is 27.6 Å². The van der Waals surface area contributed by atoms with E-state index in [4.69, 9.17) is 0 Å². The summed E-state index contributed by atoms with van der Waals surface area (Å²) >= 11 is 0. The molecule has 136 valence electrons. The van der Waals surface area contributed by atoms with Crippen molar-refractivity contribution in [3.8, 4) is 0 Å². The van der Waals surface area contributed by atoms with Crippen molar-refractivity contribution in [2.45, 2.75) is 6.92 Å². The van der Waals surface area contributed by atoms with E-state index in [-0.39, 0.29) is 24.9 Å². The average Bonchev–Trinajstić information content (AvgIpc) is 2.58. The summed E-state index contributed by atoms with van der Waals surface area (Å²) in [5.41, 5.74) is 0.270. The van der Waals surface area contributed by atoms with Crippen LogP contribution in [0.2, 0.25) is 0 Å². The van der Waals surface area contributed by atoms with E-state index in [0.29, 0.717) is 11.3 Å². The molecule has 0 aliphatic rings. The molecule has 0 aliphatic heterocycles. The minimum absolute atomic E-state index is 0.00230. The fourth-order valence-electron chi connectivity index (χ4n) is 2.17. The van der Waals surface area contributed by atoms with Gasteiger partial charge in [0.05, 0.1) is 0 Å². The lowest BCUT2D eigenvalue weighted by Crippen LogP contribution is -2.35. The van der Waals surface area contributed by atoms with Crippen molar-refractivity contribution < 1.29 is 23.2 Å². The Kier molecular flexibility index (Phi) is 6.37. The molecule has 6 nitrogen and oxygen atoms in total. The number of nitrogens with one attached hydrogen (secondary N) is 3. The molecular formula is C18H17F2N3O3. The average molecular weight is 361 g/mol. The van der Waals surface area contributed by atoms with Gasteiger partial charge in [-0.15, -0.1) is 0 Å². The first-order valence-corrected chi connectivity index (χ1v) is 7.76. The van der Waals surface area contributed by atoms with Crippen LogP contribution in [0.3, 0.4) is 0 Å². The van der Waals surface area contributed by atoms with Gasteiger partial charge in [0.2, 0.25) is 5.91 Å². The summed E-state index contributed by atoms with van der Waals surface area (Å²) in [6.45, 7) is 1.46. The molecule has 0 aromatic heterocycles. The molecule has 0 unspecified atom stereocenters. The molecule has 0 fully saturated rings. The highest BCUT2D eigenvalue weighted by Gasteiger charge is 2.16. The van der Waals surface area contributed by atoms with Crippen LogP contribution in [0.25, 0.3) is 0 Å². The summed E-state index contributed by atoms with van der Waals surface area (Å²) in [7, 11) is 0. The van der Waals surface area contributed by atoms with Gasteiger partial charge in [0.1, 0.15) is 17.2 Å². The third-order valence-corrected chi connectivity index (χ3v) is 3.35. The zero-order valence-corrected chi connectivity index (χ0v) is 13.9. The molecule has 2 rings (SSSR count). The Bertz CT molecular complexity index is 803. The molecule has 8 heteroatoms. The van der Waals surface area contributed by atoms with Gasteiger partial charge in [-0.2, -0.15) is 0 Å². The largest absolute Gasteiger partial charge is 0.350 e. The molecule has 0 saturated heterocycles. The second-order valence-corrected chi connectivity index (χ2v) is 5.37. The minimum Gasteiger partial charge on any atom is -0.350 e. The molecular weight excluding hydrogens is 344 g/mol. The zero-order valence-electron chi connectivity index (χ0n) is 13.9. The van der Waals surface area contributed by atoms with Crippen molar-refractivity contribution in [3.05, 3.63) is 65.2 Å². The van der Waals surface area contributed by atoms with Crippen LogP contribution in [0.15, 0.2) is 42.5 Å². The van der Waals surface area contributed by atoms with Crippen molar-refractivity contribution >= 4 is 23.4 Å². The standard InChI is InChI=1S/C18H17F2N3O3/c1-11(24)23-13-7-5-12(6-8-13)17(25)21-9-10-22-18(26)16-14(19)3-2-4-15(16)20/h2-8H,9-10H2,1H3,(H,21,25)(H,22,26)(H,23,24). The summed E-state index contributed by atoms with van der Waals surface area (Å²) in [5, 5.41) is 7.48. The number of anilines is 1. The lowest BCUT2D eigenvalue weighted by atomic mass is 10.2. The van der Waals surface area contributed by atoms with Crippen LogP contribution in [-0.2, 0) is 4.79 Å². The summed E-state index contributed by atoms with van der Waals surface area (Å²) < 4.78 is 26.9. The summed E-state index contributed by atoms with van der Waals surface area (Å²) in [6.07, 6.45) is 0. The summed E-state index contributed by atoms with van der Waals surface area (Å²) in [5.74, 6) is -3.40. The van der Waals surface area contributed by atoms with Crippen LogP contribution in [0.4, 0.5) is 14.5 Å². The Hall–Kier alpha value is -3.29. The van der Waals surface area contributed by atoms with E-state index in [2.05, 4.69) is 16.0 Å². The van der Waals surface area contributed by atoms with Crippen molar-refractivity contribution in [2.24, 2.45) is 0 Å². The predicted octanol–water partition coefficient (Wildman–Crippen LogP) is 2.08. The lowest BCUT2D eigenvalue weighted by Gasteiger charge is -2.09. The number of benzene rings is 2. The van der Waals surface area contributed by atoms with Crippen molar-refractivity contribution in [2.75, 3.05) is 18.4 Å². The van der Waals surface area contributed by atoms with Gasteiger partial charge in [-0.1, -0.05) is 6.07 Å². The number of hydrogen-bond donors (Lipinski definition) is 3. The Morgan fingerprint density at radius 3 is 1.92 bits per heavy atom. The molecule has 0 bridgehead atoms. The highest BCUT2D eigenvalue weighted by molar-refractivity contribution is 5.96. The van der Waals surface area contributed by atoms with E-state index in [0.717, 1.165) is 12.1 Å². The third kappa shape index (κ3) is 5.10. The first-order valence-electron chi connectivity index (χ1n) is 7.76. The number of rotatable bonds is 6. The summed E-state index contributed by atoms with van der Waals surface area (Å²) in [6, 6.07) is 9.38. The van der Waals surface area contributed by atoms with Crippen molar-refractivity contribution in [1.29, 1.82) is 0 Å². The highest BCUT2D eigenvalue weighted by Crippen LogP contribution is 2.11. The third-order valence-electron chi connectivity index (χ3n) is 3.35. The topological polar surface area (TPSA) is 87.3 Å². The maximum Gasteiger partial charge on any atom is 0.257 e. The Morgan fingerprint density at radius 1 is 0.846 bits per heavy atom. The van der Waals surface area contributed by atoms with E-state index in [1.165, 1.54) is 25.1 Å². The van der Waals surface area contributed by atoms with Gasteiger partial charge in [0.25, 0.3) is 11.8 Å². The highest BCUT2D eigenvalue weighted by atomic mass is 19.1. The molecule has 3 N–H and O–H groups in total. The minimum atomic E-state index is -0.953. The van der Waals surface area contributed by atoms with E-state index in [1.54, 1.807) is 12.1 Å². The van der Waals surface area contributed by atoms with Gasteiger partial charge in [0, 0.05) is 31.3 Å². The van der Waals surface area contributed by atoms with Gasteiger partial charge in [-0.25, -0.2) is 8.78 Å². The fraction of sp³-hybridized carbons (Fsp3) is 0.167. The molecule has 3 amide bonds. The van der Waals surface area contributed by atoms with Crippen molar-refractivity contribution in [1.82, 2.24) is 10.6 Å². The second-order valence-electron chi connectivity index (χ2n) is 5.37. The monoisotopic (exact) mass is 361 g/mol. The Labute approximate surface area is 148 Å². The summed E-state index contributed by atoms with van der Waals surface area (Å²) in [4.78, 5) is 34.7. The van der Waals surface area contributed by atoms with Crippen molar-refractivity contribution in [3.63, 3.8) is 0 Å². The van der Waals surface area contributed by atoms with Gasteiger partial charge in [-0.3, -0.25) is 14.4 Å². The molecule has 0 atom stereocenters. The number of halogens is 2. The Morgan fingerprint density at radius 2 is 1.38 bits per heavy atom. The Balaban J connectivity index is 1.81. The lowest BCUT2D eigenvalue weighted by molar-refractivity contribution is -0.114. The number of amides is 3. The molecule has 26 heavy (non-hydrogen) atoms. The van der Waals surface area contributed by atoms with Gasteiger partial charge < -0.3 is 16.0 Å². The van der Waals surface area contributed by atoms with Crippen LogP contribution in [-0.4, -0.2) is 30.8 Å². The van der Waals surface area contributed by atoms with E-state index in [9.17, 15) is 23.2 Å². The first kappa shape index (κ1) is 19.0. The molecule has 0 radical (unpaired) electrons. The normalized spacial score (nSPS) is 10.1. The maximum absolute atomic E-state index is 13.5. The van der Waals surface area contributed by atoms with Gasteiger partial charge >= 0.3 is 0 Å². The number of carbonyl (C=O) groups excluding carboxylic acids is 3. The zero-order chi connectivity index (χ0) is 19.1. The molecule has 2 aromatic carbocycles. The fourth-order valence-corrected chi connectivity index (χ4v) is 2.17. The molecule has 0 saturated carbocycles. The van der Waals surface area contributed by atoms with Crippen LogP contribution in [0.5, 0.6) is 0 Å². The molecule has 2 aromatic rings. The SMILES string of the molecule is CC(=O)Nc1ccc(C(=O)NCCNC(=O)c2c(F)cccc2F)cc1. The first-order chi connectivity index (χ1) is 12.4.